The fourth-order valence-corrected chi connectivity index (χ4v) is 5.52. The summed E-state index contributed by atoms with van der Waals surface area (Å²) in [7, 11) is 1.71. The molecule has 3 heterocycles. The second-order valence-corrected chi connectivity index (χ2v) is 8.94. The molecule has 0 N–H and O–H groups in total. The minimum atomic E-state index is -0.0398. The number of aromatic nitrogens is 2. The molecule has 1 aromatic heterocycles. The lowest BCUT2D eigenvalue weighted by molar-refractivity contribution is 0.0298. The molecule has 0 bridgehead atoms. The molecular formula is C25H29N3O3S. The Kier molecular flexibility index (Phi) is 7.29. The van der Waals surface area contributed by atoms with Crippen LogP contribution in [0, 0.1) is 0 Å². The average Bonchev–Trinajstić information content (AvgIpc) is 3.25. The van der Waals surface area contributed by atoms with Gasteiger partial charge in [-0.1, -0.05) is 43.5 Å². The topological polar surface area (TPSA) is 56.6 Å². The Labute approximate surface area is 193 Å². The Morgan fingerprint density at radius 1 is 1.25 bits per heavy atom. The third-order valence-electron chi connectivity index (χ3n) is 5.74. The fraction of sp³-hybridized carbons (Fsp3) is 0.360. The number of ether oxygens (including phenoxy) is 2. The molecule has 1 aromatic carbocycles. The number of morpholine rings is 1. The normalized spacial score (nSPS) is 18.4. The van der Waals surface area contributed by atoms with Crippen molar-refractivity contribution in [1.82, 2.24) is 14.7 Å². The van der Waals surface area contributed by atoms with Crippen molar-refractivity contribution in [2.45, 2.75) is 18.1 Å². The summed E-state index contributed by atoms with van der Waals surface area (Å²) in [6.45, 7) is 11.0. The van der Waals surface area contributed by atoms with Crippen LogP contribution in [0.4, 0.5) is 0 Å². The summed E-state index contributed by atoms with van der Waals surface area (Å²) in [5, 5.41) is 4.98. The van der Waals surface area contributed by atoms with Crippen LogP contribution in [-0.2, 0) is 9.47 Å². The van der Waals surface area contributed by atoms with E-state index in [1.54, 1.807) is 18.9 Å². The van der Waals surface area contributed by atoms with Gasteiger partial charge in [0.25, 0.3) is 5.91 Å². The quantitative estimate of drug-likeness (QED) is 0.547. The van der Waals surface area contributed by atoms with Crippen LogP contribution in [0.2, 0.25) is 0 Å². The minimum Gasteiger partial charge on any atom is -0.385 e. The number of thioether (sulfide) groups is 1. The number of nitrogens with zero attached hydrogens (tertiary/aromatic N) is 3. The van der Waals surface area contributed by atoms with Gasteiger partial charge in [0.1, 0.15) is 0 Å². The highest BCUT2D eigenvalue weighted by Crippen LogP contribution is 2.50. The van der Waals surface area contributed by atoms with E-state index in [0.717, 1.165) is 40.3 Å². The highest BCUT2D eigenvalue weighted by Gasteiger charge is 2.36. The second kappa shape index (κ2) is 10.3. The number of benzene rings is 1. The van der Waals surface area contributed by atoms with E-state index in [-0.39, 0.29) is 11.2 Å². The van der Waals surface area contributed by atoms with E-state index in [4.69, 9.17) is 14.6 Å². The molecule has 1 amide bonds. The lowest BCUT2D eigenvalue weighted by Gasteiger charge is -2.29. The summed E-state index contributed by atoms with van der Waals surface area (Å²) in [6.07, 6.45) is 5.48. The second-order valence-electron chi connectivity index (χ2n) is 7.69. The summed E-state index contributed by atoms with van der Waals surface area (Å²) in [6, 6.07) is 9.94. The van der Waals surface area contributed by atoms with Crippen LogP contribution in [-0.4, -0.2) is 60.6 Å². The van der Waals surface area contributed by atoms with Crippen molar-refractivity contribution in [1.29, 1.82) is 0 Å². The van der Waals surface area contributed by atoms with Crippen LogP contribution in [0.5, 0.6) is 0 Å². The predicted octanol–water partition coefficient (Wildman–Crippen LogP) is 4.64. The van der Waals surface area contributed by atoms with Gasteiger partial charge in [-0.3, -0.25) is 4.79 Å². The molecule has 0 spiro atoms. The zero-order valence-corrected chi connectivity index (χ0v) is 19.3. The van der Waals surface area contributed by atoms with E-state index >= 15 is 0 Å². The van der Waals surface area contributed by atoms with Crippen LogP contribution in [0.15, 0.2) is 60.5 Å². The van der Waals surface area contributed by atoms with Gasteiger partial charge >= 0.3 is 0 Å². The molecule has 0 aliphatic carbocycles. The van der Waals surface area contributed by atoms with Gasteiger partial charge < -0.3 is 14.4 Å². The number of carbonyl (C=O) groups is 1. The van der Waals surface area contributed by atoms with Gasteiger partial charge in [-0.25, -0.2) is 4.68 Å². The molecule has 32 heavy (non-hydrogen) atoms. The monoisotopic (exact) mass is 451 g/mol. The molecule has 1 fully saturated rings. The molecule has 2 aliphatic heterocycles. The molecule has 1 unspecified atom stereocenters. The molecule has 7 heteroatoms. The van der Waals surface area contributed by atoms with Crippen LogP contribution in [0.1, 0.15) is 39.8 Å². The van der Waals surface area contributed by atoms with E-state index in [0.29, 0.717) is 38.6 Å². The maximum absolute atomic E-state index is 13.6. The van der Waals surface area contributed by atoms with Crippen LogP contribution in [0.3, 0.4) is 0 Å². The molecule has 1 atom stereocenters. The van der Waals surface area contributed by atoms with E-state index in [2.05, 4.69) is 13.2 Å². The zero-order chi connectivity index (χ0) is 22.5. The van der Waals surface area contributed by atoms with Crippen molar-refractivity contribution in [3.63, 3.8) is 0 Å². The molecule has 4 rings (SSSR count). The summed E-state index contributed by atoms with van der Waals surface area (Å²) in [5.74, 6) is -0.0398. The Hall–Kier alpha value is -2.61. The van der Waals surface area contributed by atoms with E-state index in [1.165, 1.54) is 0 Å². The van der Waals surface area contributed by atoms with Crippen molar-refractivity contribution in [3.05, 3.63) is 77.5 Å². The average molecular weight is 452 g/mol. The van der Waals surface area contributed by atoms with Crippen LogP contribution in [0.25, 0.3) is 11.3 Å². The Morgan fingerprint density at radius 3 is 2.66 bits per heavy atom. The Morgan fingerprint density at radius 2 is 2.00 bits per heavy atom. The Balaban J connectivity index is 1.90. The van der Waals surface area contributed by atoms with Gasteiger partial charge in [-0.05, 0) is 25.0 Å². The van der Waals surface area contributed by atoms with Crippen LogP contribution >= 0.6 is 11.8 Å². The minimum absolute atomic E-state index is 0.0398. The van der Waals surface area contributed by atoms with Crippen molar-refractivity contribution in [2.75, 3.05) is 40.0 Å². The molecule has 0 radical (unpaired) electrons. The number of amides is 1. The first-order chi connectivity index (χ1) is 15.7. The molecule has 6 nitrogen and oxygen atoms in total. The van der Waals surface area contributed by atoms with Crippen molar-refractivity contribution >= 4 is 23.2 Å². The van der Waals surface area contributed by atoms with E-state index < -0.39 is 0 Å². The summed E-state index contributed by atoms with van der Waals surface area (Å²) >= 11 is 1.73. The van der Waals surface area contributed by atoms with Gasteiger partial charge in [0.2, 0.25) is 0 Å². The predicted molar refractivity (Wildman–Crippen MR) is 129 cm³/mol. The van der Waals surface area contributed by atoms with Crippen molar-refractivity contribution < 1.29 is 14.3 Å². The van der Waals surface area contributed by atoms with Gasteiger partial charge in [-0.2, -0.15) is 5.10 Å². The van der Waals surface area contributed by atoms with Crippen molar-refractivity contribution in [3.8, 4) is 5.69 Å². The summed E-state index contributed by atoms with van der Waals surface area (Å²) < 4.78 is 12.6. The molecule has 1 saturated heterocycles. The smallest absolute Gasteiger partial charge is 0.274 e. The van der Waals surface area contributed by atoms with E-state index in [1.807, 2.05) is 52.1 Å². The third kappa shape index (κ3) is 4.33. The van der Waals surface area contributed by atoms with Gasteiger partial charge in [-0.15, -0.1) is 11.8 Å². The lowest BCUT2D eigenvalue weighted by Crippen LogP contribution is -2.41. The van der Waals surface area contributed by atoms with E-state index in [9.17, 15) is 4.79 Å². The summed E-state index contributed by atoms with van der Waals surface area (Å²) in [4.78, 5) is 16.5. The lowest BCUT2D eigenvalue weighted by atomic mass is 9.98. The molecule has 2 aliphatic rings. The highest BCUT2D eigenvalue weighted by molar-refractivity contribution is 8.03. The summed E-state index contributed by atoms with van der Waals surface area (Å²) in [5.41, 5.74) is 4.30. The van der Waals surface area contributed by atoms with Gasteiger partial charge in [0.15, 0.2) is 5.69 Å². The number of rotatable bonds is 8. The maximum Gasteiger partial charge on any atom is 0.274 e. The highest BCUT2D eigenvalue weighted by atomic mass is 32.2. The maximum atomic E-state index is 13.6. The molecule has 2 aromatic rings. The Bertz CT molecular complexity index is 1020. The molecular weight excluding hydrogens is 422 g/mol. The number of methoxy groups -OCH3 is 1. The number of hydrogen-bond donors (Lipinski definition) is 0. The number of fused-ring (bicyclic) bond motifs is 1. The number of para-hydroxylation sites is 1. The number of carbonyl (C=O) groups excluding carboxylic acids is 1. The number of allylic oxidation sites excluding steroid dienone is 3. The van der Waals surface area contributed by atoms with Gasteiger partial charge in [0, 0.05) is 48.1 Å². The first-order valence-corrected chi connectivity index (χ1v) is 11.8. The molecule has 0 saturated carbocycles. The molecule has 168 valence electrons. The largest absolute Gasteiger partial charge is 0.385 e. The fourth-order valence-electron chi connectivity index (χ4n) is 4.19. The zero-order valence-electron chi connectivity index (χ0n) is 18.5. The first-order valence-electron chi connectivity index (χ1n) is 10.9. The SMILES string of the molecule is C=CC1=C(C=C)c2c(c(C(=O)N3CCOCC3)nn2-c2ccccc2)C(CCCOC)S1. The third-order valence-corrected chi connectivity index (χ3v) is 7.14. The van der Waals surface area contributed by atoms with Crippen molar-refractivity contribution in [2.24, 2.45) is 0 Å². The van der Waals surface area contributed by atoms with Crippen LogP contribution < -0.4 is 0 Å². The number of hydrogen-bond acceptors (Lipinski definition) is 5. The first kappa shape index (κ1) is 22.6. The standard InChI is InChI=1S/C25H29N3O3S/c1-4-19-20(5-2)32-21(12-9-15-30-3)22-23(25(29)27-13-16-31-17-14-27)26-28(24(19)22)18-10-7-6-8-11-18/h4-8,10-11,21H,1-2,9,12-17H2,3H3. The van der Waals surface area contributed by atoms with Gasteiger partial charge in [0.05, 0.1) is 24.6 Å².